The maximum Gasteiger partial charge on any atom is 0.243 e. The van der Waals surface area contributed by atoms with E-state index < -0.39 is 10.0 Å². The molecule has 1 amide bonds. The molecule has 0 unspecified atom stereocenters. The number of carbonyl (C=O) groups is 1. The number of nitrogens with one attached hydrogen (secondary N) is 1. The van der Waals surface area contributed by atoms with Gasteiger partial charge in [-0.2, -0.15) is 4.31 Å². The van der Waals surface area contributed by atoms with E-state index in [0.29, 0.717) is 23.9 Å². The highest BCUT2D eigenvalue weighted by molar-refractivity contribution is 7.89. The molecule has 144 valence electrons. The zero-order valence-electron chi connectivity index (χ0n) is 15.0. The van der Waals surface area contributed by atoms with Crippen LogP contribution in [0.1, 0.15) is 44.9 Å². The Morgan fingerprint density at radius 2 is 1.77 bits per heavy atom. The van der Waals surface area contributed by atoms with Crippen molar-refractivity contribution in [3.63, 3.8) is 0 Å². The Hall–Kier alpha value is -1.11. The number of amides is 1. The topological polar surface area (TPSA) is 66.5 Å². The van der Waals surface area contributed by atoms with E-state index in [4.69, 9.17) is 11.6 Å². The van der Waals surface area contributed by atoms with Gasteiger partial charge in [-0.1, -0.05) is 30.9 Å². The third-order valence-electron chi connectivity index (χ3n) is 5.50. The summed E-state index contributed by atoms with van der Waals surface area (Å²) in [5, 5.41) is 3.57. The number of halogens is 1. The summed E-state index contributed by atoms with van der Waals surface area (Å²) in [5.74, 6) is 0.297. The van der Waals surface area contributed by atoms with Crippen molar-refractivity contribution in [2.75, 3.05) is 19.6 Å². The predicted octanol–water partition coefficient (Wildman–Crippen LogP) is 3.44. The predicted molar refractivity (Wildman–Crippen MR) is 103 cm³/mol. The number of hydrogen-bond donors (Lipinski definition) is 1. The van der Waals surface area contributed by atoms with E-state index in [9.17, 15) is 13.2 Å². The van der Waals surface area contributed by atoms with E-state index in [1.54, 1.807) is 12.1 Å². The van der Waals surface area contributed by atoms with Crippen LogP contribution in [0.2, 0.25) is 5.02 Å². The maximum absolute atomic E-state index is 12.8. The average Bonchev–Trinajstić information content (AvgIpc) is 2.67. The van der Waals surface area contributed by atoms with Crippen molar-refractivity contribution >= 4 is 27.5 Å². The van der Waals surface area contributed by atoms with Crippen LogP contribution in [-0.2, 0) is 14.8 Å². The number of sulfonamides is 1. The van der Waals surface area contributed by atoms with E-state index in [-0.39, 0.29) is 23.3 Å². The fourth-order valence-electron chi connectivity index (χ4n) is 3.91. The first-order valence-corrected chi connectivity index (χ1v) is 11.3. The van der Waals surface area contributed by atoms with Gasteiger partial charge in [0.05, 0.1) is 10.8 Å². The summed E-state index contributed by atoms with van der Waals surface area (Å²) in [6.07, 6.45) is 7.60. The highest BCUT2D eigenvalue weighted by Crippen LogP contribution is 2.26. The van der Waals surface area contributed by atoms with Crippen LogP contribution in [-0.4, -0.2) is 38.3 Å². The molecule has 3 rings (SSSR count). The Morgan fingerprint density at radius 1 is 1.08 bits per heavy atom. The van der Waals surface area contributed by atoms with Gasteiger partial charge in [0.15, 0.2) is 0 Å². The minimum absolute atomic E-state index is 0.00780. The van der Waals surface area contributed by atoms with Gasteiger partial charge in [0.2, 0.25) is 15.9 Å². The zero-order valence-corrected chi connectivity index (χ0v) is 16.6. The molecule has 1 aliphatic carbocycles. The molecule has 0 radical (unpaired) electrons. The minimum Gasteiger partial charge on any atom is -0.356 e. The third kappa shape index (κ3) is 4.78. The van der Waals surface area contributed by atoms with Crippen LogP contribution in [0.3, 0.4) is 0 Å². The molecule has 26 heavy (non-hydrogen) atoms. The summed E-state index contributed by atoms with van der Waals surface area (Å²) in [5.41, 5.74) is 0. The van der Waals surface area contributed by atoms with Crippen LogP contribution in [0, 0.1) is 11.8 Å². The molecule has 2 aliphatic rings. The number of benzene rings is 1. The molecular formula is C19H27ClN2O3S. The second-order valence-corrected chi connectivity index (χ2v) is 9.78. The van der Waals surface area contributed by atoms with Gasteiger partial charge in [0.25, 0.3) is 0 Å². The van der Waals surface area contributed by atoms with Gasteiger partial charge >= 0.3 is 0 Å². The van der Waals surface area contributed by atoms with Crippen LogP contribution < -0.4 is 5.32 Å². The quantitative estimate of drug-likeness (QED) is 0.826. The molecule has 7 heteroatoms. The van der Waals surface area contributed by atoms with Crippen LogP contribution in [0.5, 0.6) is 0 Å². The molecule has 1 atom stereocenters. The molecule has 0 aromatic heterocycles. The number of rotatable bonds is 5. The third-order valence-corrected chi connectivity index (χ3v) is 7.63. The van der Waals surface area contributed by atoms with E-state index >= 15 is 0 Å². The SMILES string of the molecule is O=C(NCC1CCCCC1)[C@@H]1CCCN(S(=O)(=O)c2ccc(Cl)cc2)C1. The first kappa shape index (κ1) is 19.6. The number of piperidine rings is 1. The van der Waals surface area contributed by atoms with Crippen LogP contribution in [0.15, 0.2) is 29.2 Å². The van der Waals surface area contributed by atoms with Gasteiger partial charge in [-0.3, -0.25) is 4.79 Å². The first-order valence-electron chi connectivity index (χ1n) is 9.50. The van der Waals surface area contributed by atoms with E-state index in [1.807, 2.05) is 0 Å². The van der Waals surface area contributed by atoms with Gasteiger partial charge in [-0.25, -0.2) is 8.42 Å². The standard InChI is InChI=1S/C19H27ClN2O3S/c20-17-8-10-18(11-9-17)26(24,25)22-12-4-7-16(14-22)19(23)21-13-15-5-2-1-3-6-15/h8-11,15-16H,1-7,12-14H2,(H,21,23)/t16-/m1/s1. The maximum atomic E-state index is 12.8. The van der Waals surface area contributed by atoms with Crippen molar-refractivity contribution in [1.82, 2.24) is 9.62 Å². The lowest BCUT2D eigenvalue weighted by Crippen LogP contribution is -2.46. The monoisotopic (exact) mass is 398 g/mol. The van der Waals surface area contributed by atoms with Gasteiger partial charge < -0.3 is 5.32 Å². The van der Waals surface area contributed by atoms with Crippen molar-refractivity contribution in [1.29, 1.82) is 0 Å². The number of nitrogens with zero attached hydrogens (tertiary/aromatic N) is 1. The van der Waals surface area contributed by atoms with Crippen LogP contribution >= 0.6 is 11.6 Å². The highest BCUT2D eigenvalue weighted by atomic mass is 35.5. The summed E-state index contributed by atoms with van der Waals surface area (Å²) in [7, 11) is -3.59. The fraction of sp³-hybridized carbons (Fsp3) is 0.632. The molecule has 0 bridgehead atoms. The van der Waals surface area contributed by atoms with Gasteiger partial charge in [0, 0.05) is 24.7 Å². The van der Waals surface area contributed by atoms with Gasteiger partial charge in [0.1, 0.15) is 0 Å². The summed E-state index contributed by atoms with van der Waals surface area (Å²) < 4.78 is 27.1. The summed E-state index contributed by atoms with van der Waals surface area (Å²) in [6.45, 7) is 1.43. The molecule has 5 nitrogen and oxygen atoms in total. The van der Waals surface area contributed by atoms with Crippen molar-refractivity contribution in [3.8, 4) is 0 Å². The largest absolute Gasteiger partial charge is 0.356 e. The Kier molecular flexibility index (Phi) is 6.59. The summed E-state index contributed by atoms with van der Waals surface area (Å²) >= 11 is 5.85. The van der Waals surface area contributed by atoms with Gasteiger partial charge in [-0.05, 0) is 55.9 Å². The Balaban J connectivity index is 1.59. The molecular weight excluding hydrogens is 372 g/mol. The Labute approximate surface area is 161 Å². The van der Waals surface area contributed by atoms with Crippen molar-refractivity contribution < 1.29 is 13.2 Å². The zero-order chi connectivity index (χ0) is 18.6. The number of carbonyl (C=O) groups excluding carboxylic acids is 1. The molecule has 1 aromatic carbocycles. The fourth-order valence-corrected chi connectivity index (χ4v) is 5.56. The summed E-state index contributed by atoms with van der Waals surface area (Å²) in [4.78, 5) is 12.8. The van der Waals surface area contributed by atoms with E-state index in [1.165, 1.54) is 48.5 Å². The lowest BCUT2D eigenvalue weighted by molar-refractivity contribution is -0.126. The lowest BCUT2D eigenvalue weighted by atomic mass is 9.89. The molecule has 1 aliphatic heterocycles. The summed E-state index contributed by atoms with van der Waals surface area (Å²) in [6, 6.07) is 6.19. The number of hydrogen-bond acceptors (Lipinski definition) is 3. The normalized spacial score (nSPS) is 22.9. The van der Waals surface area contributed by atoms with Crippen LogP contribution in [0.4, 0.5) is 0 Å². The Bertz CT molecular complexity index is 715. The van der Waals surface area contributed by atoms with Crippen molar-refractivity contribution in [3.05, 3.63) is 29.3 Å². The molecule has 0 spiro atoms. The molecule has 1 saturated carbocycles. The molecule has 1 N–H and O–H groups in total. The molecule has 1 saturated heterocycles. The van der Waals surface area contributed by atoms with Gasteiger partial charge in [-0.15, -0.1) is 0 Å². The van der Waals surface area contributed by atoms with E-state index in [2.05, 4.69) is 5.32 Å². The average molecular weight is 399 g/mol. The molecule has 2 fully saturated rings. The lowest BCUT2D eigenvalue weighted by Gasteiger charge is -2.31. The highest BCUT2D eigenvalue weighted by Gasteiger charge is 2.33. The van der Waals surface area contributed by atoms with Crippen molar-refractivity contribution in [2.45, 2.75) is 49.8 Å². The Morgan fingerprint density at radius 3 is 2.46 bits per heavy atom. The van der Waals surface area contributed by atoms with E-state index in [0.717, 1.165) is 13.0 Å². The smallest absolute Gasteiger partial charge is 0.243 e. The second kappa shape index (κ2) is 8.72. The first-order chi connectivity index (χ1) is 12.5. The molecule has 1 aromatic rings. The minimum atomic E-state index is -3.59. The van der Waals surface area contributed by atoms with Crippen molar-refractivity contribution in [2.24, 2.45) is 11.8 Å². The molecule has 1 heterocycles. The van der Waals surface area contributed by atoms with Crippen LogP contribution in [0.25, 0.3) is 0 Å². The second-order valence-electron chi connectivity index (χ2n) is 7.41.